The molecule has 0 aromatic heterocycles. The minimum absolute atomic E-state index is 0.0746. The monoisotopic (exact) mass is 365 g/mol. The number of rotatable bonds is 2. The number of esters is 1. The molecular weight excluding hydrogens is 354 g/mol. The number of nitrogens with zero attached hydrogens (tertiary/aromatic N) is 1. The van der Waals surface area contributed by atoms with E-state index in [1.165, 1.54) is 7.11 Å². The first-order chi connectivity index (χ1) is 10.5. The fraction of sp³-hybridized carbons (Fsp3) is 0.200. The Morgan fingerprint density at radius 1 is 1.41 bits per heavy atom. The molecule has 114 valence electrons. The summed E-state index contributed by atoms with van der Waals surface area (Å²) in [5.41, 5.74) is 1.52. The smallest absolute Gasteiger partial charge is 0.343 e. The summed E-state index contributed by atoms with van der Waals surface area (Å²) < 4.78 is 16.0. The van der Waals surface area contributed by atoms with Crippen LogP contribution >= 0.6 is 15.9 Å². The fourth-order valence-corrected chi connectivity index (χ4v) is 2.66. The Kier molecular flexibility index (Phi) is 3.66. The molecule has 2 aliphatic rings. The Morgan fingerprint density at radius 2 is 2.09 bits per heavy atom. The predicted octanol–water partition coefficient (Wildman–Crippen LogP) is 2.98. The first kappa shape index (κ1) is 14.6. The Balaban J connectivity index is 2.04. The highest BCUT2D eigenvalue weighted by atomic mass is 79.9. The van der Waals surface area contributed by atoms with Crippen LogP contribution in [0, 0.1) is 0 Å². The molecule has 3 rings (SSSR count). The van der Waals surface area contributed by atoms with Gasteiger partial charge in [-0.15, -0.1) is 0 Å². The van der Waals surface area contributed by atoms with Gasteiger partial charge in [0.1, 0.15) is 11.3 Å². The van der Waals surface area contributed by atoms with Crippen LogP contribution in [0.3, 0.4) is 0 Å². The fourth-order valence-electron chi connectivity index (χ4n) is 2.23. The average Bonchev–Trinajstić information content (AvgIpc) is 3.03. The van der Waals surface area contributed by atoms with Crippen LogP contribution in [0.25, 0.3) is 6.08 Å². The number of carbonyl (C=O) groups excluding carboxylic acids is 1. The van der Waals surface area contributed by atoms with E-state index in [0.29, 0.717) is 17.2 Å². The molecular formula is C15H12BrNO5. The molecule has 0 amide bonds. The number of ether oxygens (including phenoxy) is 3. The van der Waals surface area contributed by atoms with Gasteiger partial charge >= 0.3 is 5.97 Å². The molecule has 2 heterocycles. The second kappa shape index (κ2) is 5.49. The Bertz CT molecular complexity index is 763. The van der Waals surface area contributed by atoms with Gasteiger partial charge in [-0.1, -0.05) is 15.9 Å². The maximum absolute atomic E-state index is 11.7. The third-order valence-electron chi connectivity index (χ3n) is 3.30. The van der Waals surface area contributed by atoms with Gasteiger partial charge in [0.05, 0.1) is 12.8 Å². The maximum atomic E-state index is 11.7. The van der Waals surface area contributed by atoms with Gasteiger partial charge in [0.15, 0.2) is 17.3 Å². The molecule has 0 aliphatic carbocycles. The highest BCUT2D eigenvalue weighted by Gasteiger charge is 2.27. The summed E-state index contributed by atoms with van der Waals surface area (Å²) >= 11 is 3.43. The van der Waals surface area contributed by atoms with Crippen molar-refractivity contribution in [2.24, 2.45) is 4.99 Å². The predicted molar refractivity (Wildman–Crippen MR) is 83.0 cm³/mol. The summed E-state index contributed by atoms with van der Waals surface area (Å²) in [5.74, 6) is 0.446. The number of hydrogen-bond acceptors (Lipinski definition) is 6. The van der Waals surface area contributed by atoms with Crippen molar-refractivity contribution < 1.29 is 24.1 Å². The van der Waals surface area contributed by atoms with E-state index in [4.69, 9.17) is 9.47 Å². The van der Waals surface area contributed by atoms with Crippen molar-refractivity contribution in [3.63, 3.8) is 0 Å². The van der Waals surface area contributed by atoms with Crippen molar-refractivity contribution >= 4 is 33.7 Å². The number of carbonyl (C=O) groups is 1. The lowest BCUT2D eigenvalue weighted by molar-refractivity contribution is -0.135. The lowest BCUT2D eigenvalue weighted by atomic mass is 10.1. The summed E-state index contributed by atoms with van der Waals surface area (Å²) in [4.78, 5) is 15.9. The molecule has 0 atom stereocenters. The molecule has 1 N–H and O–H groups in total. The largest absolute Gasteiger partial charge is 0.505 e. The van der Waals surface area contributed by atoms with E-state index in [9.17, 15) is 9.90 Å². The number of hydrogen-bond donors (Lipinski definition) is 1. The summed E-state index contributed by atoms with van der Waals surface area (Å²) in [6, 6.07) is 3.55. The van der Waals surface area contributed by atoms with Crippen molar-refractivity contribution in [1.29, 1.82) is 0 Å². The van der Waals surface area contributed by atoms with Crippen LogP contribution in [0.1, 0.15) is 12.5 Å². The highest BCUT2D eigenvalue weighted by Crippen LogP contribution is 2.38. The van der Waals surface area contributed by atoms with Gasteiger partial charge < -0.3 is 19.3 Å². The number of fused-ring (bicyclic) bond motifs is 1. The van der Waals surface area contributed by atoms with Crippen molar-refractivity contribution in [2.45, 2.75) is 6.92 Å². The van der Waals surface area contributed by atoms with E-state index in [1.807, 2.05) is 0 Å². The maximum Gasteiger partial charge on any atom is 0.343 e. The van der Waals surface area contributed by atoms with Crippen LogP contribution in [0.4, 0.5) is 0 Å². The number of aliphatic hydroxyl groups is 1. The molecule has 0 saturated heterocycles. The van der Waals surface area contributed by atoms with Gasteiger partial charge in [-0.3, -0.25) is 0 Å². The highest BCUT2D eigenvalue weighted by molar-refractivity contribution is 9.10. The van der Waals surface area contributed by atoms with Crippen LogP contribution in [0.5, 0.6) is 11.5 Å². The van der Waals surface area contributed by atoms with Crippen molar-refractivity contribution in [1.82, 2.24) is 0 Å². The average molecular weight is 366 g/mol. The normalized spacial score (nSPS) is 18.0. The molecule has 1 aromatic rings. The molecule has 0 radical (unpaired) electrons. The number of methoxy groups -OCH3 is 1. The topological polar surface area (TPSA) is 77.4 Å². The molecule has 7 heteroatoms. The zero-order valence-corrected chi connectivity index (χ0v) is 13.4. The van der Waals surface area contributed by atoms with Gasteiger partial charge in [0.25, 0.3) is 0 Å². The lowest BCUT2D eigenvalue weighted by Crippen LogP contribution is -2.11. The quantitative estimate of drug-likeness (QED) is 0.815. The Hall–Kier alpha value is -2.28. The molecule has 2 aliphatic heterocycles. The van der Waals surface area contributed by atoms with Gasteiger partial charge in [0, 0.05) is 4.47 Å². The lowest BCUT2D eigenvalue weighted by Gasteiger charge is -2.03. The summed E-state index contributed by atoms with van der Waals surface area (Å²) in [6.45, 7) is 1.81. The summed E-state index contributed by atoms with van der Waals surface area (Å²) in [7, 11) is 1.26. The molecule has 6 nitrogen and oxygen atoms in total. The van der Waals surface area contributed by atoms with E-state index < -0.39 is 5.97 Å². The first-order valence-electron chi connectivity index (χ1n) is 6.39. The van der Waals surface area contributed by atoms with E-state index >= 15 is 0 Å². The molecule has 1 aromatic carbocycles. The van der Waals surface area contributed by atoms with E-state index in [0.717, 1.165) is 10.0 Å². The van der Waals surface area contributed by atoms with Crippen LogP contribution in [0.2, 0.25) is 0 Å². The van der Waals surface area contributed by atoms with E-state index in [-0.39, 0.29) is 23.8 Å². The molecule has 0 unspecified atom stereocenters. The number of aliphatic hydroxyl groups excluding tert-OH is 1. The van der Waals surface area contributed by atoms with Gasteiger partial charge in [-0.2, -0.15) is 0 Å². The number of aliphatic imine (C=N–C) groups is 1. The molecule has 22 heavy (non-hydrogen) atoms. The van der Waals surface area contributed by atoms with Crippen molar-refractivity contribution in [2.75, 3.05) is 13.9 Å². The minimum Gasteiger partial charge on any atom is -0.505 e. The summed E-state index contributed by atoms with van der Waals surface area (Å²) in [6.07, 6.45) is 1.65. The standard InChI is InChI=1S/C15H12BrNO5/c1-7-13(15(19)20-2)14(18)10(17-7)3-8-4-11-12(5-9(8)16)22-6-21-11/h3-5,18H,6H2,1-2H3/b10-3+. The van der Waals surface area contributed by atoms with Gasteiger partial charge in [-0.25, -0.2) is 9.79 Å². The number of benzene rings is 1. The van der Waals surface area contributed by atoms with E-state index in [1.54, 1.807) is 25.1 Å². The number of halogens is 1. The Morgan fingerprint density at radius 3 is 2.77 bits per heavy atom. The Labute approximate surface area is 134 Å². The minimum atomic E-state index is -0.619. The van der Waals surface area contributed by atoms with Crippen molar-refractivity contribution in [3.8, 4) is 11.5 Å². The van der Waals surface area contributed by atoms with Crippen LogP contribution < -0.4 is 9.47 Å². The van der Waals surface area contributed by atoms with Crippen LogP contribution in [-0.4, -0.2) is 30.7 Å². The second-order valence-electron chi connectivity index (χ2n) is 4.67. The van der Waals surface area contributed by atoms with Gasteiger partial charge in [-0.05, 0) is 30.7 Å². The zero-order chi connectivity index (χ0) is 15.9. The van der Waals surface area contributed by atoms with E-state index in [2.05, 4.69) is 25.7 Å². The van der Waals surface area contributed by atoms with Crippen LogP contribution in [-0.2, 0) is 9.53 Å². The molecule has 0 spiro atoms. The van der Waals surface area contributed by atoms with Gasteiger partial charge in [0.2, 0.25) is 6.79 Å². The molecule has 0 fully saturated rings. The second-order valence-corrected chi connectivity index (χ2v) is 5.52. The summed E-state index contributed by atoms with van der Waals surface area (Å²) in [5, 5.41) is 10.2. The molecule has 0 bridgehead atoms. The first-order valence-corrected chi connectivity index (χ1v) is 7.19. The third kappa shape index (κ3) is 2.37. The molecule has 0 saturated carbocycles. The van der Waals surface area contributed by atoms with Crippen LogP contribution in [0.15, 0.2) is 38.6 Å². The SMILES string of the molecule is COC(=O)C1=C(O)/C(=C\c2cc3c(cc2Br)OCO3)N=C1C. The van der Waals surface area contributed by atoms with Crippen molar-refractivity contribution in [3.05, 3.63) is 39.2 Å². The zero-order valence-electron chi connectivity index (χ0n) is 11.8. The third-order valence-corrected chi connectivity index (χ3v) is 3.99.